The van der Waals surface area contributed by atoms with Crippen LogP contribution in [0.1, 0.15) is 42.0 Å². The van der Waals surface area contributed by atoms with Gasteiger partial charge in [0.1, 0.15) is 0 Å². The van der Waals surface area contributed by atoms with E-state index in [0.29, 0.717) is 6.04 Å². The first-order chi connectivity index (χ1) is 13.8. The summed E-state index contributed by atoms with van der Waals surface area (Å²) in [7, 11) is 2.16. The lowest BCUT2D eigenvalue weighted by Crippen LogP contribution is -2.35. The average Bonchev–Trinajstić information content (AvgIpc) is 2.67. The van der Waals surface area contributed by atoms with Crippen molar-refractivity contribution in [3.05, 3.63) is 47.0 Å². The monoisotopic (exact) mass is 399 g/mol. The Morgan fingerprint density at radius 1 is 1.03 bits per heavy atom. The van der Waals surface area contributed by atoms with Crippen molar-refractivity contribution in [3.8, 4) is 22.6 Å². The first-order valence-electron chi connectivity index (χ1n) is 9.59. The number of nitrogens with zero attached hydrogens (tertiary/aromatic N) is 1. The molecular formula is C22H25NO6. The van der Waals surface area contributed by atoms with Gasteiger partial charge in [-0.1, -0.05) is 24.3 Å². The Kier molecular flexibility index (Phi) is 6.08. The number of hydrogen-bond acceptors (Lipinski definition) is 5. The number of likely N-dealkylation sites (N-methyl/N-ethyl adjacent to an activating group) is 1. The molecule has 1 heterocycles. The molecule has 4 N–H and O–H groups in total. The van der Waals surface area contributed by atoms with Gasteiger partial charge in [-0.25, -0.2) is 0 Å². The van der Waals surface area contributed by atoms with Gasteiger partial charge in [-0.05, 0) is 54.6 Å². The highest BCUT2D eigenvalue weighted by atomic mass is 16.4. The molecule has 1 atom stereocenters. The fraction of sp³-hybridized carbons (Fsp3) is 0.364. The molecule has 2 aromatic rings. The molecular weight excluding hydrogens is 374 g/mol. The first kappa shape index (κ1) is 20.7. The minimum Gasteiger partial charge on any atom is -0.504 e. The lowest BCUT2D eigenvalue weighted by Gasteiger charge is -2.39. The summed E-state index contributed by atoms with van der Waals surface area (Å²) in [5, 5.41) is 36.1. The quantitative estimate of drug-likeness (QED) is 0.583. The number of hydrogen-bond donors (Lipinski definition) is 4. The van der Waals surface area contributed by atoms with Crippen LogP contribution in [0.5, 0.6) is 11.5 Å². The largest absolute Gasteiger partial charge is 0.504 e. The van der Waals surface area contributed by atoms with Crippen molar-refractivity contribution >= 4 is 11.9 Å². The number of aliphatic carboxylic acids is 2. The van der Waals surface area contributed by atoms with Crippen LogP contribution >= 0.6 is 0 Å². The molecule has 0 amide bonds. The fourth-order valence-electron chi connectivity index (χ4n) is 4.07. The molecule has 0 bridgehead atoms. The topological polar surface area (TPSA) is 118 Å². The third-order valence-electron chi connectivity index (χ3n) is 5.50. The molecule has 0 fully saturated rings. The molecule has 0 unspecified atom stereocenters. The van der Waals surface area contributed by atoms with Gasteiger partial charge in [-0.3, -0.25) is 14.5 Å². The summed E-state index contributed by atoms with van der Waals surface area (Å²) >= 11 is 0. The van der Waals surface area contributed by atoms with Gasteiger partial charge < -0.3 is 20.4 Å². The molecule has 29 heavy (non-hydrogen) atoms. The van der Waals surface area contributed by atoms with E-state index in [9.17, 15) is 19.8 Å². The van der Waals surface area contributed by atoms with Gasteiger partial charge in [0, 0.05) is 31.0 Å². The van der Waals surface area contributed by atoms with E-state index in [2.05, 4.69) is 30.1 Å². The average molecular weight is 399 g/mol. The zero-order chi connectivity index (χ0) is 21.1. The molecule has 1 aliphatic carbocycles. The van der Waals surface area contributed by atoms with Crippen molar-refractivity contribution in [2.75, 3.05) is 13.6 Å². The van der Waals surface area contributed by atoms with E-state index in [-0.39, 0.29) is 30.8 Å². The second-order valence-electron chi connectivity index (χ2n) is 7.44. The van der Waals surface area contributed by atoms with E-state index in [1.807, 2.05) is 6.07 Å². The number of carbonyl (C=O) groups is 2. The zero-order valence-corrected chi connectivity index (χ0v) is 16.3. The minimum atomic E-state index is -0.948. The van der Waals surface area contributed by atoms with Crippen LogP contribution in [0.2, 0.25) is 0 Å². The number of carboxylic acids is 2. The highest BCUT2D eigenvalue weighted by Gasteiger charge is 2.34. The van der Waals surface area contributed by atoms with E-state index >= 15 is 0 Å². The minimum absolute atomic E-state index is 0.0163. The normalized spacial score (nSPS) is 16.8. The molecule has 7 heteroatoms. The van der Waals surface area contributed by atoms with Crippen molar-refractivity contribution in [2.45, 2.75) is 38.1 Å². The predicted octanol–water partition coefficient (Wildman–Crippen LogP) is 3.18. The first-order valence-corrected chi connectivity index (χ1v) is 9.59. The fourth-order valence-corrected chi connectivity index (χ4v) is 4.07. The molecule has 0 radical (unpaired) electrons. The molecule has 2 aliphatic rings. The van der Waals surface area contributed by atoms with Gasteiger partial charge >= 0.3 is 11.9 Å². The lowest BCUT2D eigenvalue weighted by atomic mass is 9.77. The zero-order valence-electron chi connectivity index (χ0n) is 16.3. The SMILES string of the molecule is CN1CCc2cccc3c2[C@H]1Cc1ccc(O)c(O)c1-3.O=C(O)CCCC(=O)O. The third kappa shape index (κ3) is 4.35. The number of aromatic hydroxyl groups is 2. The Bertz CT molecular complexity index is 925. The van der Waals surface area contributed by atoms with Crippen LogP contribution in [0.25, 0.3) is 11.1 Å². The number of phenols is 2. The van der Waals surface area contributed by atoms with E-state index in [0.717, 1.165) is 36.1 Å². The molecule has 0 saturated carbocycles. The van der Waals surface area contributed by atoms with E-state index in [1.54, 1.807) is 6.07 Å². The second kappa shape index (κ2) is 8.53. The van der Waals surface area contributed by atoms with Crippen molar-refractivity contribution in [1.82, 2.24) is 4.90 Å². The number of rotatable bonds is 4. The maximum Gasteiger partial charge on any atom is 0.303 e. The standard InChI is InChI=1S/C17H17NO2.C5H8O4/c1-18-8-7-10-3-2-4-12-15(10)13(18)9-11-5-6-14(19)17(20)16(11)12;6-4(7)2-1-3-5(8)9/h2-6,13,19-20H,7-9H2,1H3;1-3H2,(H,6,7)(H,8,9)/t13-;/m1./s1. The number of fused-ring (bicyclic) bond motifs is 2. The smallest absolute Gasteiger partial charge is 0.303 e. The number of phenolic OH excluding ortho intramolecular Hbond substituents is 2. The maximum atomic E-state index is 10.3. The van der Waals surface area contributed by atoms with Crippen molar-refractivity contribution in [1.29, 1.82) is 0 Å². The Morgan fingerprint density at radius 3 is 2.38 bits per heavy atom. The molecule has 4 rings (SSSR count). The Morgan fingerprint density at radius 2 is 1.72 bits per heavy atom. The third-order valence-corrected chi connectivity index (χ3v) is 5.50. The van der Waals surface area contributed by atoms with Crippen LogP contribution < -0.4 is 0 Å². The molecule has 1 aliphatic heterocycles. The van der Waals surface area contributed by atoms with Crippen LogP contribution in [0.3, 0.4) is 0 Å². The summed E-state index contributed by atoms with van der Waals surface area (Å²) in [5.74, 6) is -1.92. The molecule has 0 aromatic heterocycles. The van der Waals surface area contributed by atoms with E-state index < -0.39 is 11.9 Å². The van der Waals surface area contributed by atoms with Crippen LogP contribution in [-0.2, 0) is 22.4 Å². The summed E-state index contributed by atoms with van der Waals surface area (Å²) in [5.41, 5.74) is 5.71. The second-order valence-corrected chi connectivity index (χ2v) is 7.44. The lowest BCUT2D eigenvalue weighted by molar-refractivity contribution is -0.138. The van der Waals surface area contributed by atoms with Crippen LogP contribution in [-0.4, -0.2) is 50.9 Å². The van der Waals surface area contributed by atoms with Crippen molar-refractivity contribution < 1.29 is 30.0 Å². The highest BCUT2D eigenvalue weighted by Crippen LogP contribution is 2.49. The van der Waals surface area contributed by atoms with E-state index in [1.165, 1.54) is 11.1 Å². The number of carboxylic acid groups (broad SMARTS) is 2. The van der Waals surface area contributed by atoms with Gasteiger partial charge in [0.25, 0.3) is 0 Å². The van der Waals surface area contributed by atoms with E-state index in [4.69, 9.17) is 10.2 Å². The Labute approximate surface area is 168 Å². The van der Waals surface area contributed by atoms with Gasteiger partial charge in [0.15, 0.2) is 11.5 Å². The number of benzene rings is 2. The summed E-state index contributed by atoms with van der Waals surface area (Å²) in [6, 6.07) is 10.2. The van der Waals surface area contributed by atoms with Crippen molar-refractivity contribution in [2.24, 2.45) is 0 Å². The molecule has 0 saturated heterocycles. The maximum absolute atomic E-state index is 10.3. The van der Waals surface area contributed by atoms with Crippen LogP contribution in [0.4, 0.5) is 0 Å². The molecule has 7 nitrogen and oxygen atoms in total. The molecule has 154 valence electrons. The van der Waals surface area contributed by atoms with Crippen molar-refractivity contribution in [3.63, 3.8) is 0 Å². The van der Waals surface area contributed by atoms with Gasteiger partial charge in [0.05, 0.1) is 0 Å². The van der Waals surface area contributed by atoms with Gasteiger partial charge in [-0.15, -0.1) is 0 Å². The Hall–Kier alpha value is -3.06. The predicted molar refractivity (Wildman–Crippen MR) is 107 cm³/mol. The van der Waals surface area contributed by atoms with Gasteiger partial charge in [-0.2, -0.15) is 0 Å². The van der Waals surface area contributed by atoms with Crippen LogP contribution in [0.15, 0.2) is 30.3 Å². The summed E-state index contributed by atoms with van der Waals surface area (Å²) in [4.78, 5) is 22.0. The summed E-state index contributed by atoms with van der Waals surface area (Å²) in [6.45, 7) is 1.07. The molecule has 2 aromatic carbocycles. The summed E-state index contributed by atoms with van der Waals surface area (Å²) in [6.07, 6.45) is 2.03. The summed E-state index contributed by atoms with van der Waals surface area (Å²) < 4.78 is 0. The Balaban J connectivity index is 0.000000229. The molecule has 0 spiro atoms. The van der Waals surface area contributed by atoms with Gasteiger partial charge in [0.2, 0.25) is 0 Å². The highest BCUT2D eigenvalue weighted by molar-refractivity contribution is 5.82. The van der Waals surface area contributed by atoms with Crippen LogP contribution in [0, 0.1) is 0 Å².